The van der Waals surface area contributed by atoms with E-state index in [4.69, 9.17) is 0 Å². The van der Waals surface area contributed by atoms with Gasteiger partial charge in [-0.1, -0.05) is 64.7 Å². The lowest BCUT2D eigenvalue weighted by atomic mass is 10.1. The normalized spacial score (nSPS) is 10.8. The van der Waals surface area contributed by atoms with Crippen LogP contribution in [0.3, 0.4) is 0 Å². The molecule has 0 amide bonds. The van der Waals surface area contributed by atoms with Crippen molar-refractivity contribution >= 4 is 5.91 Å². The SMILES string of the molecule is CCCCCCCCCCCCC(=O)n1ccnc1. The fourth-order valence-corrected chi connectivity index (χ4v) is 2.30. The van der Waals surface area contributed by atoms with Crippen molar-refractivity contribution in [3.63, 3.8) is 0 Å². The van der Waals surface area contributed by atoms with Crippen LogP contribution in [-0.4, -0.2) is 15.5 Å². The fraction of sp³-hybridized carbons (Fsp3) is 0.750. The van der Waals surface area contributed by atoms with Crippen LogP contribution in [0.4, 0.5) is 0 Å². The number of aromatic nitrogens is 2. The van der Waals surface area contributed by atoms with Gasteiger partial charge in [-0.05, 0) is 6.42 Å². The van der Waals surface area contributed by atoms with Crippen LogP contribution in [0.25, 0.3) is 0 Å². The van der Waals surface area contributed by atoms with Crippen molar-refractivity contribution < 1.29 is 4.79 Å². The van der Waals surface area contributed by atoms with Gasteiger partial charge in [0.15, 0.2) is 0 Å². The smallest absolute Gasteiger partial charge is 0.231 e. The van der Waals surface area contributed by atoms with Crippen LogP contribution in [-0.2, 0) is 0 Å². The van der Waals surface area contributed by atoms with Gasteiger partial charge in [0.25, 0.3) is 0 Å². The number of carbonyl (C=O) groups is 1. The van der Waals surface area contributed by atoms with Crippen LogP contribution in [0.5, 0.6) is 0 Å². The van der Waals surface area contributed by atoms with Crippen molar-refractivity contribution in [2.24, 2.45) is 0 Å². The second-order valence-electron chi connectivity index (χ2n) is 5.30. The number of hydrogen-bond acceptors (Lipinski definition) is 2. The summed E-state index contributed by atoms with van der Waals surface area (Å²) in [4.78, 5) is 15.5. The molecule has 0 aliphatic rings. The average Bonchev–Trinajstić information content (AvgIpc) is 2.95. The van der Waals surface area contributed by atoms with Gasteiger partial charge in [-0.15, -0.1) is 0 Å². The predicted molar refractivity (Wildman–Crippen MR) is 79.3 cm³/mol. The summed E-state index contributed by atoms with van der Waals surface area (Å²) in [5, 5.41) is 0. The maximum atomic E-state index is 11.7. The number of nitrogens with zero attached hydrogens (tertiary/aromatic N) is 2. The van der Waals surface area contributed by atoms with Gasteiger partial charge >= 0.3 is 0 Å². The van der Waals surface area contributed by atoms with Crippen molar-refractivity contribution in [3.05, 3.63) is 18.7 Å². The molecular weight excluding hydrogens is 236 g/mol. The van der Waals surface area contributed by atoms with E-state index in [-0.39, 0.29) is 5.91 Å². The molecular formula is C16H28N2O. The van der Waals surface area contributed by atoms with E-state index in [1.807, 2.05) is 0 Å². The molecule has 3 nitrogen and oxygen atoms in total. The predicted octanol–water partition coefficient (Wildman–Crippen LogP) is 4.83. The summed E-state index contributed by atoms with van der Waals surface area (Å²) in [5.41, 5.74) is 0. The van der Waals surface area contributed by atoms with Crippen molar-refractivity contribution in [1.82, 2.24) is 9.55 Å². The molecule has 0 aliphatic heterocycles. The molecule has 0 N–H and O–H groups in total. The lowest BCUT2D eigenvalue weighted by Crippen LogP contribution is -2.07. The summed E-state index contributed by atoms with van der Waals surface area (Å²) in [6, 6.07) is 0. The third-order valence-corrected chi connectivity index (χ3v) is 3.54. The Hall–Kier alpha value is -1.12. The van der Waals surface area contributed by atoms with Gasteiger partial charge in [0.2, 0.25) is 5.91 Å². The van der Waals surface area contributed by atoms with Crippen LogP contribution in [0.15, 0.2) is 18.7 Å². The van der Waals surface area contributed by atoms with Crippen molar-refractivity contribution in [2.75, 3.05) is 0 Å². The quantitative estimate of drug-likeness (QED) is 0.536. The van der Waals surface area contributed by atoms with E-state index in [0.717, 1.165) is 6.42 Å². The summed E-state index contributed by atoms with van der Waals surface area (Å²) in [7, 11) is 0. The third kappa shape index (κ3) is 7.81. The summed E-state index contributed by atoms with van der Waals surface area (Å²) in [6.07, 6.45) is 18.6. The summed E-state index contributed by atoms with van der Waals surface area (Å²) in [6.45, 7) is 2.26. The molecule has 0 spiro atoms. The molecule has 19 heavy (non-hydrogen) atoms. The van der Waals surface area contributed by atoms with Crippen molar-refractivity contribution in [1.29, 1.82) is 0 Å². The molecule has 3 heteroatoms. The second kappa shape index (κ2) is 10.8. The van der Waals surface area contributed by atoms with Crippen LogP contribution < -0.4 is 0 Å². The van der Waals surface area contributed by atoms with E-state index in [2.05, 4.69) is 11.9 Å². The first kappa shape index (κ1) is 15.9. The Morgan fingerprint density at radius 2 is 1.53 bits per heavy atom. The van der Waals surface area contributed by atoms with Crippen molar-refractivity contribution in [3.8, 4) is 0 Å². The first-order chi connectivity index (χ1) is 9.34. The summed E-state index contributed by atoms with van der Waals surface area (Å²) >= 11 is 0. The van der Waals surface area contributed by atoms with E-state index in [0.29, 0.717) is 6.42 Å². The molecule has 1 heterocycles. The average molecular weight is 264 g/mol. The van der Waals surface area contributed by atoms with Gasteiger partial charge < -0.3 is 0 Å². The van der Waals surface area contributed by atoms with Crippen LogP contribution >= 0.6 is 0 Å². The Labute approximate surface area is 117 Å². The maximum Gasteiger partial charge on any atom is 0.231 e. The molecule has 0 saturated heterocycles. The molecule has 0 saturated carbocycles. The molecule has 1 aromatic heterocycles. The fourth-order valence-electron chi connectivity index (χ4n) is 2.30. The Morgan fingerprint density at radius 1 is 0.947 bits per heavy atom. The summed E-state index contributed by atoms with van der Waals surface area (Å²) < 4.78 is 1.58. The summed E-state index contributed by atoms with van der Waals surface area (Å²) in [5.74, 6) is 0.164. The topological polar surface area (TPSA) is 34.9 Å². The maximum absolute atomic E-state index is 11.7. The van der Waals surface area contributed by atoms with Gasteiger partial charge in [0.05, 0.1) is 0 Å². The third-order valence-electron chi connectivity index (χ3n) is 3.54. The highest BCUT2D eigenvalue weighted by Crippen LogP contribution is 2.11. The largest absolute Gasteiger partial charge is 0.276 e. The second-order valence-corrected chi connectivity index (χ2v) is 5.30. The lowest BCUT2D eigenvalue weighted by molar-refractivity contribution is 0.0898. The number of imidazole rings is 1. The molecule has 0 atom stereocenters. The molecule has 0 aromatic carbocycles. The Kier molecular flexibility index (Phi) is 9.03. The number of carbonyl (C=O) groups excluding carboxylic acids is 1. The number of unbranched alkanes of at least 4 members (excludes halogenated alkanes) is 9. The minimum atomic E-state index is 0.164. The Bertz CT molecular complexity index is 319. The molecule has 0 radical (unpaired) electrons. The number of rotatable bonds is 11. The van der Waals surface area contributed by atoms with Gasteiger partial charge in [0, 0.05) is 18.8 Å². The van der Waals surface area contributed by atoms with Crippen LogP contribution in [0.1, 0.15) is 82.3 Å². The molecule has 1 rings (SSSR count). The zero-order valence-corrected chi connectivity index (χ0v) is 12.3. The van der Waals surface area contributed by atoms with Crippen molar-refractivity contribution in [2.45, 2.75) is 77.6 Å². The highest BCUT2D eigenvalue weighted by molar-refractivity contribution is 5.78. The van der Waals surface area contributed by atoms with Gasteiger partial charge in [-0.2, -0.15) is 0 Å². The molecule has 1 aromatic rings. The van der Waals surface area contributed by atoms with Gasteiger partial charge in [-0.3, -0.25) is 9.36 Å². The monoisotopic (exact) mass is 264 g/mol. The van der Waals surface area contributed by atoms with Crippen LogP contribution in [0, 0.1) is 0 Å². The molecule has 0 aliphatic carbocycles. The highest BCUT2D eigenvalue weighted by atomic mass is 16.2. The van der Waals surface area contributed by atoms with E-state index < -0.39 is 0 Å². The molecule has 0 unspecified atom stereocenters. The van der Waals surface area contributed by atoms with E-state index in [9.17, 15) is 4.79 Å². The zero-order chi connectivity index (χ0) is 13.8. The van der Waals surface area contributed by atoms with Crippen LogP contribution in [0.2, 0.25) is 0 Å². The molecule has 0 fully saturated rings. The highest BCUT2D eigenvalue weighted by Gasteiger charge is 2.02. The van der Waals surface area contributed by atoms with Gasteiger partial charge in [0.1, 0.15) is 6.33 Å². The van der Waals surface area contributed by atoms with E-state index in [1.165, 1.54) is 57.8 Å². The Morgan fingerprint density at radius 3 is 2.05 bits per heavy atom. The first-order valence-electron chi connectivity index (χ1n) is 7.85. The minimum absolute atomic E-state index is 0.164. The van der Waals surface area contributed by atoms with Gasteiger partial charge in [-0.25, -0.2) is 4.98 Å². The standard InChI is InChI=1S/C16H28N2O/c1-2-3-4-5-6-7-8-9-10-11-12-16(19)18-14-13-17-15-18/h13-15H,2-12H2,1H3. The number of hydrogen-bond donors (Lipinski definition) is 0. The van der Waals surface area contributed by atoms with E-state index >= 15 is 0 Å². The lowest BCUT2D eigenvalue weighted by Gasteiger charge is -2.02. The minimum Gasteiger partial charge on any atom is -0.276 e. The molecule has 0 bridgehead atoms. The first-order valence-corrected chi connectivity index (χ1v) is 7.85. The zero-order valence-electron chi connectivity index (χ0n) is 12.3. The molecule has 108 valence electrons. The van der Waals surface area contributed by atoms with E-state index in [1.54, 1.807) is 23.3 Å². The Balaban J connectivity index is 1.85.